The van der Waals surface area contributed by atoms with Crippen molar-refractivity contribution in [2.24, 2.45) is 5.92 Å². The van der Waals surface area contributed by atoms with Gasteiger partial charge < -0.3 is 9.84 Å². The second-order valence-electron chi connectivity index (χ2n) is 5.34. The maximum Gasteiger partial charge on any atom is 0.270 e. The number of thiophene rings is 1. The van der Waals surface area contributed by atoms with Crippen molar-refractivity contribution in [3.05, 3.63) is 23.2 Å². The molecule has 1 amide bonds. The van der Waals surface area contributed by atoms with Crippen LogP contribution < -0.4 is 5.32 Å². The average Bonchev–Trinajstić information content (AvgIpc) is 3.28. The predicted molar refractivity (Wildman–Crippen MR) is 96.2 cm³/mol. The van der Waals surface area contributed by atoms with Crippen molar-refractivity contribution in [1.82, 2.24) is 15.1 Å². The van der Waals surface area contributed by atoms with Gasteiger partial charge in [-0.05, 0) is 31.2 Å². The lowest BCUT2D eigenvalue weighted by atomic mass is 10.0. The maximum absolute atomic E-state index is 12.2. The smallest absolute Gasteiger partial charge is 0.270 e. The Morgan fingerprint density at radius 1 is 1.33 bits per heavy atom. The fraction of sp³-hybridized carbons (Fsp3) is 0.375. The normalized spacial score (nSPS) is 11.2. The van der Waals surface area contributed by atoms with Crippen molar-refractivity contribution in [2.75, 3.05) is 5.32 Å². The van der Waals surface area contributed by atoms with Crippen molar-refractivity contribution in [3.63, 3.8) is 0 Å². The highest BCUT2D eigenvalue weighted by Crippen LogP contribution is 2.33. The number of nitrogens with zero attached hydrogens (tertiary/aromatic N) is 3. The molecular formula is C16H18N4O2S2. The topological polar surface area (TPSA) is 80.9 Å². The zero-order valence-corrected chi connectivity index (χ0v) is 15.3. The van der Waals surface area contributed by atoms with Gasteiger partial charge in [-0.3, -0.25) is 4.79 Å². The zero-order chi connectivity index (χ0) is 17.1. The summed E-state index contributed by atoms with van der Waals surface area (Å²) >= 11 is 2.91. The van der Waals surface area contributed by atoms with E-state index >= 15 is 0 Å². The van der Waals surface area contributed by atoms with Gasteiger partial charge in [0.15, 0.2) is 5.13 Å². The zero-order valence-electron chi connectivity index (χ0n) is 13.7. The Labute approximate surface area is 147 Å². The molecule has 0 radical (unpaired) electrons. The Bertz CT molecular complexity index is 819. The Morgan fingerprint density at radius 2 is 2.12 bits per heavy atom. The quantitative estimate of drug-likeness (QED) is 0.693. The summed E-state index contributed by atoms with van der Waals surface area (Å²) in [6, 6.07) is 3.89. The second kappa shape index (κ2) is 7.23. The van der Waals surface area contributed by atoms with E-state index in [2.05, 4.69) is 20.4 Å². The summed E-state index contributed by atoms with van der Waals surface area (Å²) in [5, 5.41) is 9.44. The van der Waals surface area contributed by atoms with E-state index in [1.807, 2.05) is 38.3 Å². The molecule has 1 N–H and O–H groups in total. The van der Waals surface area contributed by atoms with E-state index in [9.17, 15) is 4.79 Å². The minimum atomic E-state index is 0.00473. The van der Waals surface area contributed by atoms with E-state index in [0.717, 1.165) is 28.3 Å². The summed E-state index contributed by atoms with van der Waals surface area (Å²) < 4.78 is 5.37. The molecule has 3 aromatic rings. The first-order valence-corrected chi connectivity index (χ1v) is 9.48. The van der Waals surface area contributed by atoms with Crippen molar-refractivity contribution in [3.8, 4) is 21.5 Å². The van der Waals surface area contributed by atoms with E-state index in [-0.39, 0.29) is 11.8 Å². The highest BCUT2D eigenvalue weighted by molar-refractivity contribution is 7.19. The van der Waals surface area contributed by atoms with E-state index in [1.165, 1.54) is 11.3 Å². The summed E-state index contributed by atoms with van der Waals surface area (Å²) in [4.78, 5) is 22.8. The highest BCUT2D eigenvalue weighted by Gasteiger charge is 2.20. The summed E-state index contributed by atoms with van der Waals surface area (Å²) in [7, 11) is 0. The van der Waals surface area contributed by atoms with Crippen LogP contribution in [0.1, 0.15) is 32.4 Å². The molecule has 3 heterocycles. The summed E-state index contributed by atoms with van der Waals surface area (Å²) in [5.74, 6) is 1.00. The molecule has 0 bridgehead atoms. The van der Waals surface area contributed by atoms with Gasteiger partial charge in [-0.1, -0.05) is 36.4 Å². The van der Waals surface area contributed by atoms with E-state index in [1.54, 1.807) is 11.3 Å². The van der Waals surface area contributed by atoms with Gasteiger partial charge in [-0.2, -0.15) is 4.98 Å². The third-order valence-electron chi connectivity index (χ3n) is 3.74. The fourth-order valence-corrected chi connectivity index (χ4v) is 3.88. The van der Waals surface area contributed by atoms with Crippen LogP contribution in [0.4, 0.5) is 5.13 Å². The number of amides is 1. The number of carbonyl (C=O) groups is 1. The van der Waals surface area contributed by atoms with Gasteiger partial charge in [-0.15, -0.1) is 11.3 Å². The molecule has 0 atom stereocenters. The highest BCUT2D eigenvalue weighted by atomic mass is 32.1. The number of rotatable bonds is 6. The first-order chi connectivity index (χ1) is 11.6. The van der Waals surface area contributed by atoms with Crippen LogP contribution in [0, 0.1) is 12.8 Å². The number of thiazole rings is 1. The molecule has 3 rings (SSSR count). The SMILES string of the molecule is CCC(CC)C(=O)Nc1nc(C)c(-c2nc(-c3cccs3)no2)s1. The lowest BCUT2D eigenvalue weighted by Gasteiger charge is -2.10. The molecular weight excluding hydrogens is 344 g/mol. The minimum Gasteiger partial charge on any atom is -0.333 e. The number of carbonyl (C=O) groups excluding carboxylic acids is 1. The molecule has 0 unspecified atom stereocenters. The summed E-state index contributed by atoms with van der Waals surface area (Å²) in [5.41, 5.74) is 0.765. The molecule has 0 saturated carbocycles. The van der Waals surface area contributed by atoms with Crippen LogP contribution >= 0.6 is 22.7 Å². The van der Waals surface area contributed by atoms with E-state index in [4.69, 9.17) is 4.52 Å². The average molecular weight is 362 g/mol. The number of aryl methyl sites for hydroxylation is 1. The third-order valence-corrected chi connectivity index (χ3v) is 5.67. The monoisotopic (exact) mass is 362 g/mol. The van der Waals surface area contributed by atoms with Gasteiger partial charge in [0.25, 0.3) is 5.89 Å². The molecule has 24 heavy (non-hydrogen) atoms. The van der Waals surface area contributed by atoms with Crippen molar-refractivity contribution in [1.29, 1.82) is 0 Å². The molecule has 126 valence electrons. The molecule has 0 spiro atoms. The Kier molecular flexibility index (Phi) is 5.06. The minimum absolute atomic E-state index is 0.00473. The van der Waals surface area contributed by atoms with Crippen LogP contribution in [0.25, 0.3) is 21.5 Å². The number of hydrogen-bond donors (Lipinski definition) is 1. The van der Waals surface area contributed by atoms with Crippen molar-refractivity contribution < 1.29 is 9.32 Å². The fourth-order valence-electron chi connectivity index (χ4n) is 2.34. The van der Waals surface area contributed by atoms with Crippen LogP contribution in [-0.2, 0) is 4.79 Å². The van der Waals surface area contributed by atoms with Crippen LogP contribution in [0.15, 0.2) is 22.0 Å². The number of aromatic nitrogens is 3. The van der Waals surface area contributed by atoms with Crippen molar-refractivity contribution in [2.45, 2.75) is 33.6 Å². The van der Waals surface area contributed by atoms with Gasteiger partial charge in [0.05, 0.1) is 10.6 Å². The van der Waals surface area contributed by atoms with Gasteiger partial charge in [0, 0.05) is 5.92 Å². The lowest BCUT2D eigenvalue weighted by molar-refractivity contribution is -0.120. The third kappa shape index (κ3) is 3.39. The number of anilines is 1. The number of nitrogens with one attached hydrogen (secondary N) is 1. The molecule has 0 saturated heterocycles. The summed E-state index contributed by atoms with van der Waals surface area (Å²) in [6.45, 7) is 5.89. The molecule has 0 aromatic carbocycles. The van der Waals surface area contributed by atoms with Crippen LogP contribution in [0.3, 0.4) is 0 Å². The van der Waals surface area contributed by atoms with Gasteiger partial charge >= 0.3 is 0 Å². The molecule has 8 heteroatoms. The number of hydrogen-bond acceptors (Lipinski definition) is 7. The van der Waals surface area contributed by atoms with Gasteiger partial charge in [0.1, 0.15) is 4.88 Å². The van der Waals surface area contributed by atoms with Crippen LogP contribution in [0.2, 0.25) is 0 Å². The Morgan fingerprint density at radius 3 is 2.79 bits per heavy atom. The van der Waals surface area contributed by atoms with Crippen molar-refractivity contribution >= 4 is 33.7 Å². The largest absolute Gasteiger partial charge is 0.333 e. The molecule has 6 nitrogen and oxygen atoms in total. The predicted octanol–water partition coefficient (Wildman–Crippen LogP) is 4.60. The molecule has 0 aliphatic carbocycles. The van der Waals surface area contributed by atoms with E-state index < -0.39 is 0 Å². The lowest BCUT2D eigenvalue weighted by Crippen LogP contribution is -2.21. The van der Waals surface area contributed by atoms with Crippen LogP contribution in [-0.4, -0.2) is 21.0 Å². The molecule has 0 fully saturated rings. The molecule has 0 aliphatic heterocycles. The van der Waals surface area contributed by atoms with Gasteiger partial charge in [-0.25, -0.2) is 4.98 Å². The first-order valence-electron chi connectivity index (χ1n) is 7.78. The maximum atomic E-state index is 12.2. The Balaban J connectivity index is 1.81. The Hall–Kier alpha value is -2.06. The second-order valence-corrected chi connectivity index (χ2v) is 7.28. The summed E-state index contributed by atoms with van der Waals surface area (Å²) in [6.07, 6.45) is 1.63. The first kappa shape index (κ1) is 16.8. The standard InChI is InChI=1S/C16H18N4O2S2/c1-4-10(5-2)14(21)19-16-17-9(3)12(24-16)15-18-13(20-22-15)11-7-6-8-23-11/h6-8,10H,4-5H2,1-3H3,(H,17,19,21). The van der Waals surface area contributed by atoms with E-state index in [0.29, 0.717) is 16.8 Å². The molecule has 0 aliphatic rings. The van der Waals surface area contributed by atoms with Crippen LogP contribution in [0.5, 0.6) is 0 Å². The molecule has 3 aromatic heterocycles. The van der Waals surface area contributed by atoms with Gasteiger partial charge in [0.2, 0.25) is 11.7 Å².